The fourth-order valence-corrected chi connectivity index (χ4v) is 1.68. The van der Waals surface area contributed by atoms with Crippen molar-refractivity contribution in [3.8, 4) is 11.6 Å². The standard InChI is InChI=1S/C8H9NO4S.C2H6/c1-14(10,11)6-4-7-8(9-5-6)13-3-2-12-7;1-2/h4-5H,2-3H2,1H3;1-2H3. The molecule has 0 N–H and O–H groups in total. The molecule has 1 aromatic heterocycles. The van der Waals surface area contributed by atoms with Crippen LogP contribution in [0, 0.1) is 0 Å². The van der Waals surface area contributed by atoms with Crippen LogP contribution >= 0.6 is 0 Å². The first kappa shape index (κ1) is 12.8. The molecule has 0 aromatic carbocycles. The molecule has 1 aromatic rings. The Kier molecular flexibility index (Phi) is 4.12. The molecule has 0 saturated heterocycles. The summed E-state index contributed by atoms with van der Waals surface area (Å²) >= 11 is 0. The summed E-state index contributed by atoms with van der Waals surface area (Å²) in [5, 5.41) is 0. The third kappa shape index (κ3) is 2.85. The predicted octanol–water partition coefficient (Wildman–Crippen LogP) is 1.28. The Balaban J connectivity index is 0.000000606. The monoisotopic (exact) mass is 245 g/mol. The van der Waals surface area contributed by atoms with Gasteiger partial charge in [-0.15, -0.1) is 0 Å². The first-order valence-electron chi connectivity index (χ1n) is 5.03. The highest BCUT2D eigenvalue weighted by atomic mass is 32.2. The lowest BCUT2D eigenvalue weighted by molar-refractivity contribution is 0.163. The van der Waals surface area contributed by atoms with Crippen molar-refractivity contribution < 1.29 is 17.9 Å². The molecule has 16 heavy (non-hydrogen) atoms. The molecule has 2 heterocycles. The van der Waals surface area contributed by atoms with Gasteiger partial charge in [0.25, 0.3) is 5.88 Å². The minimum Gasteiger partial charge on any atom is -0.484 e. The average Bonchev–Trinajstić information content (AvgIpc) is 2.30. The zero-order valence-corrected chi connectivity index (χ0v) is 10.4. The largest absolute Gasteiger partial charge is 0.484 e. The van der Waals surface area contributed by atoms with Crippen LogP contribution in [0.15, 0.2) is 17.2 Å². The number of hydrogen-bond donors (Lipinski definition) is 0. The number of aromatic nitrogens is 1. The number of nitrogens with zero attached hydrogens (tertiary/aromatic N) is 1. The minimum absolute atomic E-state index is 0.141. The van der Waals surface area contributed by atoms with Crippen LogP contribution < -0.4 is 9.47 Å². The molecule has 0 atom stereocenters. The summed E-state index contributed by atoms with van der Waals surface area (Å²) < 4.78 is 32.7. The van der Waals surface area contributed by atoms with Crippen molar-refractivity contribution >= 4 is 9.84 Å². The van der Waals surface area contributed by atoms with E-state index in [-0.39, 0.29) is 4.90 Å². The third-order valence-corrected chi connectivity index (χ3v) is 2.88. The molecule has 1 aliphatic heterocycles. The average molecular weight is 245 g/mol. The van der Waals surface area contributed by atoms with Gasteiger partial charge in [0.1, 0.15) is 13.2 Å². The lowest BCUT2D eigenvalue weighted by Crippen LogP contribution is -2.16. The van der Waals surface area contributed by atoms with E-state index in [1.165, 1.54) is 12.3 Å². The number of pyridine rings is 1. The zero-order valence-electron chi connectivity index (χ0n) is 9.56. The molecule has 0 amide bonds. The second kappa shape index (κ2) is 5.16. The maximum absolute atomic E-state index is 11.2. The van der Waals surface area contributed by atoms with Gasteiger partial charge in [-0.25, -0.2) is 13.4 Å². The van der Waals surface area contributed by atoms with Crippen molar-refractivity contribution in [1.29, 1.82) is 0 Å². The molecule has 6 heteroatoms. The second-order valence-electron chi connectivity index (χ2n) is 2.94. The minimum atomic E-state index is -3.23. The molecule has 0 radical (unpaired) electrons. The molecular formula is C10H15NO4S. The molecule has 2 rings (SSSR count). The number of fused-ring (bicyclic) bond motifs is 1. The summed E-state index contributed by atoms with van der Waals surface area (Å²) in [4.78, 5) is 4.00. The van der Waals surface area contributed by atoms with Gasteiger partial charge in [0.15, 0.2) is 15.6 Å². The van der Waals surface area contributed by atoms with Crippen molar-refractivity contribution in [2.45, 2.75) is 18.7 Å². The SMILES string of the molecule is CC.CS(=O)(=O)c1cnc2c(c1)OCCO2. The molecule has 0 bridgehead atoms. The van der Waals surface area contributed by atoms with E-state index in [1.807, 2.05) is 13.8 Å². The summed E-state index contributed by atoms with van der Waals surface area (Å²) in [5.74, 6) is 0.739. The van der Waals surface area contributed by atoms with Crippen LogP contribution in [0.25, 0.3) is 0 Å². The van der Waals surface area contributed by atoms with E-state index in [4.69, 9.17) is 9.47 Å². The Morgan fingerprint density at radius 3 is 2.50 bits per heavy atom. The topological polar surface area (TPSA) is 65.5 Å². The van der Waals surface area contributed by atoms with Gasteiger partial charge >= 0.3 is 0 Å². The molecule has 0 spiro atoms. The van der Waals surface area contributed by atoms with Crippen molar-refractivity contribution in [2.24, 2.45) is 0 Å². The van der Waals surface area contributed by atoms with Gasteiger partial charge in [-0.3, -0.25) is 0 Å². The fraction of sp³-hybridized carbons (Fsp3) is 0.500. The lowest BCUT2D eigenvalue weighted by atomic mass is 10.4. The molecule has 0 fully saturated rings. The van der Waals surface area contributed by atoms with Gasteiger partial charge in [-0.2, -0.15) is 0 Å². The maximum Gasteiger partial charge on any atom is 0.257 e. The predicted molar refractivity (Wildman–Crippen MR) is 59.7 cm³/mol. The van der Waals surface area contributed by atoms with Crippen molar-refractivity contribution in [3.63, 3.8) is 0 Å². The Hall–Kier alpha value is -1.30. The van der Waals surface area contributed by atoms with Gasteiger partial charge in [-0.05, 0) is 0 Å². The van der Waals surface area contributed by atoms with E-state index in [0.717, 1.165) is 6.26 Å². The fourth-order valence-electron chi connectivity index (χ4n) is 1.12. The summed E-state index contributed by atoms with van der Waals surface area (Å²) in [7, 11) is -3.23. The number of sulfone groups is 1. The summed E-state index contributed by atoms with van der Waals surface area (Å²) in [5.41, 5.74) is 0. The van der Waals surface area contributed by atoms with E-state index in [9.17, 15) is 8.42 Å². The highest BCUT2D eigenvalue weighted by Gasteiger charge is 2.16. The molecule has 1 aliphatic rings. The van der Waals surface area contributed by atoms with Crippen LogP contribution in [0.1, 0.15) is 13.8 Å². The van der Waals surface area contributed by atoms with Crippen LogP contribution in [-0.2, 0) is 9.84 Å². The Morgan fingerprint density at radius 1 is 1.25 bits per heavy atom. The van der Waals surface area contributed by atoms with Gasteiger partial charge in [0.05, 0.1) is 4.90 Å². The van der Waals surface area contributed by atoms with Crippen LogP contribution in [0.3, 0.4) is 0 Å². The zero-order chi connectivity index (χ0) is 12.2. The first-order chi connectivity index (χ1) is 7.57. The van der Waals surface area contributed by atoms with Crippen LogP contribution in [-0.4, -0.2) is 32.9 Å². The number of hydrogen-bond acceptors (Lipinski definition) is 5. The lowest BCUT2D eigenvalue weighted by Gasteiger charge is -2.17. The number of ether oxygens (including phenoxy) is 2. The summed E-state index contributed by atoms with van der Waals surface area (Å²) in [6.07, 6.45) is 2.39. The van der Waals surface area contributed by atoms with Crippen molar-refractivity contribution in [1.82, 2.24) is 4.98 Å². The van der Waals surface area contributed by atoms with E-state index in [2.05, 4.69) is 4.98 Å². The van der Waals surface area contributed by atoms with E-state index in [0.29, 0.717) is 24.8 Å². The summed E-state index contributed by atoms with van der Waals surface area (Å²) in [6.45, 7) is 4.86. The van der Waals surface area contributed by atoms with Gasteiger partial charge in [-0.1, -0.05) is 13.8 Å². The van der Waals surface area contributed by atoms with E-state index in [1.54, 1.807) is 0 Å². The molecule has 0 unspecified atom stereocenters. The van der Waals surface area contributed by atoms with Crippen LogP contribution in [0.2, 0.25) is 0 Å². The highest BCUT2D eigenvalue weighted by Crippen LogP contribution is 2.29. The quantitative estimate of drug-likeness (QED) is 0.745. The van der Waals surface area contributed by atoms with Crippen molar-refractivity contribution in [2.75, 3.05) is 19.5 Å². The normalized spacial score (nSPS) is 13.7. The molecular weight excluding hydrogens is 230 g/mol. The summed E-state index contributed by atoms with van der Waals surface area (Å²) in [6, 6.07) is 1.43. The third-order valence-electron chi connectivity index (χ3n) is 1.80. The number of rotatable bonds is 1. The molecule has 90 valence electrons. The van der Waals surface area contributed by atoms with Gasteiger partial charge in [0.2, 0.25) is 0 Å². The van der Waals surface area contributed by atoms with Crippen molar-refractivity contribution in [3.05, 3.63) is 12.3 Å². The highest BCUT2D eigenvalue weighted by molar-refractivity contribution is 7.90. The van der Waals surface area contributed by atoms with Gasteiger partial charge in [0, 0.05) is 18.5 Å². The Bertz CT molecular complexity index is 456. The second-order valence-corrected chi connectivity index (χ2v) is 4.96. The van der Waals surface area contributed by atoms with Crippen LogP contribution in [0.5, 0.6) is 11.6 Å². The molecule has 0 aliphatic carbocycles. The van der Waals surface area contributed by atoms with E-state index < -0.39 is 9.84 Å². The van der Waals surface area contributed by atoms with E-state index >= 15 is 0 Å². The first-order valence-corrected chi connectivity index (χ1v) is 6.92. The smallest absolute Gasteiger partial charge is 0.257 e. The Morgan fingerprint density at radius 2 is 1.88 bits per heavy atom. The van der Waals surface area contributed by atoms with Crippen LogP contribution in [0.4, 0.5) is 0 Å². The Labute approximate surface area is 95.3 Å². The molecule has 5 nitrogen and oxygen atoms in total. The molecule has 0 saturated carbocycles. The van der Waals surface area contributed by atoms with Gasteiger partial charge < -0.3 is 9.47 Å². The maximum atomic E-state index is 11.2.